The summed E-state index contributed by atoms with van der Waals surface area (Å²) in [5.41, 5.74) is -0.712. The Balaban J connectivity index is 1.98. The third-order valence-corrected chi connectivity index (χ3v) is 3.72. The Morgan fingerprint density at radius 3 is 2.31 bits per heavy atom. The molecular formula is C19H13F3N2O2. The maximum atomic E-state index is 13.5. The van der Waals surface area contributed by atoms with E-state index >= 15 is 0 Å². The third-order valence-electron chi connectivity index (χ3n) is 3.72. The van der Waals surface area contributed by atoms with Crippen LogP contribution < -0.4 is 10.0 Å². The van der Waals surface area contributed by atoms with E-state index in [1.165, 1.54) is 30.3 Å². The van der Waals surface area contributed by atoms with Crippen LogP contribution in [0.4, 0.5) is 18.9 Å². The SMILES string of the molecule is O=C(Nc1ccc(-c2ccccc2)c(C(F)(F)F)c1)c1cccc[n+]1[O-]. The molecule has 0 fully saturated rings. The summed E-state index contributed by atoms with van der Waals surface area (Å²) in [5.74, 6) is -0.791. The number of halogens is 3. The van der Waals surface area contributed by atoms with Crippen LogP contribution in [-0.4, -0.2) is 5.91 Å². The van der Waals surface area contributed by atoms with Crippen molar-refractivity contribution in [3.05, 3.63) is 89.4 Å². The first kappa shape index (κ1) is 17.5. The number of carbonyl (C=O) groups is 1. The second kappa shape index (κ2) is 6.87. The topological polar surface area (TPSA) is 56.0 Å². The van der Waals surface area contributed by atoms with Gasteiger partial charge >= 0.3 is 12.1 Å². The minimum absolute atomic E-state index is 0.00898. The first-order valence-corrected chi connectivity index (χ1v) is 7.62. The number of amides is 1. The number of hydrogen-bond donors (Lipinski definition) is 1. The molecule has 1 amide bonds. The maximum absolute atomic E-state index is 13.5. The molecule has 0 unspecified atom stereocenters. The fourth-order valence-corrected chi connectivity index (χ4v) is 2.53. The molecule has 3 aromatic rings. The fraction of sp³-hybridized carbons (Fsp3) is 0.0526. The molecule has 0 bridgehead atoms. The van der Waals surface area contributed by atoms with Gasteiger partial charge in [0.2, 0.25) is 0 Å². The lowest BCUT2D eigenvalue weighted by molar-refractivity contribution is -0.607. The third kappa shape index (κ3) is 3.66. The Hall–Kier alpha value is -3.35. The van der Waals surface area contributed by atoms with E-state index in [4.69, 9.17) is 0 Å². The number of aromatic nitrogens is 1. The molecule has 4 nitrogen and oxygen atoms in total. The van der Waals surface area contributed by atoms with Crippen LogP contribution in [0, 0.1) is 5.21 Å². The van der Waals surface area contributed by atoms with Crippen LogP contribution in [0.25, 0.3) is 11.1 Å². The van der Waals surface area contributed by atoms with Crippen molar-refractivity contribution < 1.29 is 22.7 Å². The highest BCUT2D eigenvalue weighted by Crippen LogP contribution is 2.38. The molecule has 2 aromatic carbocycles. The molecule has 1 N–H and O–H groups in total. The van der Waals surface area contributed by atoms with Crippen LogP contribution in [0.2, 0.25) is 0 Å². The minimum Gasteiger partial charge on any atom is -0.618 e. The quantitative estimate of drug-likeness (QED) is 0.562. The summed E-state index contributed by atoms with van der Waals surface area (Å²) in [6.07, 6.45) is -3.47. The van der Waals surface area contributed by atoms with Crippen molar-refractivity contribution in [1.29, 1.82) is 0 Å². The van der Waals surface area contributed by atoms with Gasteiger partial charge in [-0.1, -0.05) is 36.4 Å². The van der Waals surface area contributed by atoms with Crippen molar-refractivity contribution in [2.75, 3.05) is 5.32 Å². The van der Waals surface area contributed by atoms with E-state index in [1.807, 2.05) is 0 Å². The molecule has 0 saturated carbocycles. The van der Waals surface area contributed by atoms with Gasteiger partial charge in [-0.2, -0.15) is 17.9 Å². The van der Waals surface area contributed by atoms with E-state index in [0.717, 1.165) is 12.3 Å². The van der Waals surface area contributed by atoms with Gasteiger partial charge in [-0.05, 0) is 29.3 Å². The predicted octanol–water partition coefficient (Wildman–Crippen LogP) is 4.26. The van der Waals surface area contributed by atoms with Gasteiger partial charge in [0, 0.05) is 17.8 Å². The Labute approximate surface area is 147 Å². The zero-order valence-electron chi connectivity index (χ0n) is 13.3. The van der Waals surface area contributed by atoms with Crippen LogP contribution in [0.1, 0.15) is 16.1 Å². The van der Waals surface area contributed by atoms with Crippen molar-refractivity contribution in [1.82, 2.24) is 0 Å². The maximum Gasteiger partial charge on any atom is 0.417 e. The van der Waals surface area contributed by atoms with Gasteiger partial charge in [0.05, 0.1) is 5.56 Å². The molecule has 0 spiro atoms. The number of rotatable bonds is 3. The van der Waals surface area contributed by atoms with E-state index < -0.39 is 17.6 Å². The van der Waals surface area contributed by atoms with E-state index in [9.17, 15) is 23.2 Å². The molecule has 7 heteroatoms. The average Bonchev–Trinajstić information content (AvgIpc) is 2.62. The van der Waals surface area contributed by atoms with Gasteiger partial charge in [0.25, 0.3) is 5.69 Å². The van der Waals surface area contributed by atoms with Crippen LogP contribution in [0.3, 0.4) is 0 Å². The van der Waals surface area contributed by atoms with Crippen molar-refractivity contribution in [2.24, 2.45) is 0 Å². The Kier molecular flexibility index (Phi) is 4.62. The van der Waals surface area contributed by atoms with Crippen LogP contribution in [-0.2, 0) is 6.18 Å². The first-order chi connectivity index (χ1) is 12.4. The Bertz CT molecular complexity index is 941. The minimum atomic E-state index is -4.60. The first-order valence-electron chi connectivity index (χ1n) is 7.62. The molecule has 0 aliphatic carbocycles. The highest BCUT2D eigenvalue weighted by molar-refractivity contribution is 6.02. The molecule has 0 aliphatic rings. The van der Waals surface area contributed by atoms with E-state index in [-0.39, 0.29) is 16.9 Å². The molecule has 1 heterocycles. The van der Waals surface area contributed by atoms with E-state index in [2.05, 4.69) is 5.32 Å². The highest BCUT2D eigenvalue weighted by Gasteiger charge is 2.34. The van der Waals surface area contributed by atoms with Gasteiger partial charge in [-0.15, -0.1) is 0 Å². The van der Waals surface area contributed by atoms with Gasteiger partial charge < -0.3 is 10.5 Å². The largest absolute Gasteiger partial charge is 0.618 e. The number of pyridine rings is 1. The molecule has 132 valence electrons. The van der Waals surface area contributed by atoms with E-state index in [0.29, 0.717) is 10.3 Å². The molecular weight excluding hydrogens is 345 g/mol. The monoisotopic (exact) mass is 358 g/mol. The van der Waals surface area contributed by atoms with Gasteiger partial charge in [0.15, 0.2) is 6.20 Å². The second-order valence-electron chi connectivity index (χ2n) is 5.49. The average molecular weight is 358 g/mol. The van der Waals surface area contributed by atoms with Crippen LogP contribution >= 0.6 is 0 Å². The summed E-state index contributed by atoms with van der Waals surface area (Å²) >= 11 is 0. The normalized spacial score (nSPS) is 11.2. The lowest BCUT2D eigenvalue weighted by Gasteiger charge is -2.15. The summed E-state index contributed by atoms with van der Waals surface area (Å²) in [4.78, 5) is 12.1. The summed E-state index contributed by atoms with van der Waals surface area (Å²) in [6, 6.07) is 15.9. The number of benzene rings is 2. The summed E-state index contributed by atoms with van der Waals surface area (Å²) in [5, 5.41) is 13.9. The second-order valence-corrected chi connectivity index (χ2v) is 5.49. The Morgan fingerprint density at radius 1 is 0.962 bits per heavy atom. The number of alkyl halides is 3. The summed E-state index contributed by atoms with van der Waals surface area (Å²) in [6.45, 7) is 0. The zero-order chi connectivity index (χ0) is 18.7. The molecule has 0 saturated heterocycles. The molecule has 26 heavy (non-hydrogen) atoms. The van der Waals surface area contributed by atoms with Crippen LogP contribution in [0.5, 0.6) is 0 Å². The molecule has 0 aliphatic heterocycles. The summed E-state index contributed by atoms with van der Waals surface area (Å²) < 4.78 is 40.8. The van der Waals surface area contributed by atoms with Crippen molar-refractivity contribution >= 4 is 11.6 Å². The fourth-order valence-electron chi connectivity index (χ4n) is 2.53. The molecule has 0 radical (unpaired) electrons. The van der Waals surface area contributed by atoms with E-state index in [1.54, 1.807) is 30.3 Å². The smallest absolute Gasteiger partial charge is 0.417 e. The predicted molar refractivity (Wildman–Crippen MR) is 90.2 cm³/mol. The van der Waals surface area contributed by atoms with Crippen molar-refractivity contribution in [3.8, 4) is 11.1 Å². The molecule has 3 rings (SSSR count). The van der Waals surface area contributed by atoms with Crippen molar-refractivity contribution in [2.45, 2.75) is 6.18 Å². The molecule has 1 aromatic heterocycles. The number of carbonyl (C=O) groups excluding carboxylic acids is 1. The zero-order valence-corrected chi connectivity index (χ0v) is 13.3. The number of nitrogens with one attached hydrogen (secondary N) is 1. The Morgan fingerprint density at radius 2 is 1.65 bits per heavy atom. The van der Waals surface area contributed by atoms with Gasteiger partial charge in [0.1, 0.15) is 0 Å². The lowest BCUT2D eigenvalue weighted by Crippen LogP contribution is -2.36. The lowest BCUT2D eigenvalue weighted by atomic mass is 9.98. The number of nitrogens with zero attached hydrogens (tertiary/aromatic N) is 1. The molecule has 0 atom stereocenters. The van der Waals surface area contributed by atoms with Gasteiger partial charge in [-0.25, -0.2) is 0 Å². The highest BCUT2D eigenvalue weighted by atomic mass is 19.4. The standard InChI is InChI=1S/C19H13F3N2O2/c20-19(21,22)16-12-14(9-10-15(16)13-6-2-1-3-7-13)23-18(25)17-8-4-5-11-24(17)26/h1-12H,(H,23,25). The summed E-state index contributed by atoms with van der Waals surface area (Å²) in [7, 11) is 0. The number of hydrogen-bond acceptors (Lipinski definition) is 2. The van der Waals surface area contributed by atoms with Crippen molar-refractivity contribution in [3.63, 3.8) is 0 Å². The number of anilines is 1. The van der Waals surface area contributed by atoms with Gasteiger partial charge in [-0.3, -0.25) is 4.79 Å². The van der Waals surface area contributed by atoms with Crippen LogP contribution in [0.15, 0.2) is 72.9 Å².